The topological polar surface area (TPSA) is 37.8 Å². The summed E-state index contributed by atoms with van der Waals surface area (Å²) in [7, 11) is 0. The van der Waals surface area contributed by atoms with Gasteiger partial charge in [-0.2, -0.15) is 0 Å². The molecule has 1 aromatic carbocycles. The van der Waals surface area contributed by atoms with Crippen LogP contribution in [0.25, 0.3) is 15.9 Å². The van der Waals surface area contributed by atoms with Crippen LogP contribution in [0.4, 0.5) is 4.39 Å². The minimum Gasteiger partial charge on any atom is -0.323 e. The first-order valence-corrected chi connectivity index (χ1v) is 8.85. The molecule has 3 nitrogen and oxygen atoms in total. The fraction of sp³-hybridized carbons (Fsp3) is 0.294. The molecule has 0 spiro atoms. The van der Waals surface area contributed by atoms with Crippen molar-refractivity contribution in [3.8, 4) is 5.69 Å². The highest BCUT2D eigenvalue weighted by Crippen LogP contribution is 2.40. The van der Waals surface area contributed by atoms with Crippen LogP contribution in [0.3, 0.4) is 0 Å². The van der Waals surface area contributed by atoms with E-state index in [0.717, 1.165) is 35.0 Å². The van der Waals surface area contributed by atoms with E-state index in [0.29, 0.717) is 16.4 Å². The number of hydrogen-bond acceptors (Lipinski definition) is 3. The number of aromatic amines is 1. The molecule has 1 unspecified atom stereocenters. The van der Waals surface area contributed by atoms with Crippen molar-refractivity contribution in [1.82, 2.24) is 9.55 Å². The second-order valence-electron chi connectivity index (χ2n) is 5.99. The molecule has 3 aromatic rings. The monoisotopic (exact) mass is 346 g/mol. The highest BCUT2D eigenvalue weighted by molar-refractivity contribution is 7.71. The van der Waals surface area contributed by atoms with Gasteiger partial charge in [-0.05, 0) is 61.2 Å². The summed E-state index contributed by atoms with van der Waals surface area (Å²) in [6.07, 6.45) is 3.26. The van der Waals surface area contributed by atoms with Gasteiger partial charge in [0.15, 0.2) is 4.77 Å². The molecular weight excluding hydrogens is 331 g/mol. The molecule has 1 N–H and O–H groups in total. The van der Waals surface area contributed by atoms with Crippen LogP contribution in [0.15, 0.2) is 29.1 Å². The predicted octanol–water partition coefficient (Wildman–Crippen LogP) is 4.69. The fourth-order valence-corrected chi connectivity index (χ4v) is 5.13. The summed E-state index contributed by atoms with van der Waals surface area (Å²) in [4.78, 5) is 18.4. The van der Waals surface area contributed by atoms with E-state index in [9.17, 15) is 9.18 Å². The number of nitrogens with one attached hydrogen (secondary N) is 1. The summed E-state index contributed by atoms with van der Waals surface area (Å²) in [5.41, 5.74) is 1.46. The Morgan fingerprint density at radius 1 is 1.43 bits per heavy atom. The van der Waals surface area contributed by atoms with Gasteiger partial charge in [0.25, 0.3) is 5.56 Å². The Morgan fingerprint density at radius 3 is 3.04 bits per heavy atom. The number of rotatable bonds is 1. The van der Waals surface area contributed by atoms with E-state index in [1.54, 1.807) is 23.5 Å². The van der Waals surface area contributed by atoms with Crippen LogP contribution in [0.5, 0.6) is 0 Å². The van der Waals surface area contributed by atoms with Gasteiger partial charge in [-0.1, -0.05) is 13.0 Å². The average molecular weight is 346 g/mol. The maximum atomic E-state index is 13.5. The Bertz CT molecular complexity index is 1030. The third-order valence-corrected chi connectivity index (χ3v) is 5.93. The summed E-state index contributed by atoms with van der Waals surface area (Å²) in [5.74, 6) is -0.0184. The fourth-order valence-electron chi connectivity index (χ4n) is 3.42. The number of hydrogen-bond donors (Lipinski definition) is 1. The smallest absolute Gasteiger partial charge is 0.267 e. The van der Waals surface area contributed by atoms with Crippen molar-refractivity contribution in [2.45, 2.75) is 32.1 Å². The van der Waals surface area contributed by atoms with Gasteiger partial charge in [0.05, 0.1) is 11.1 Å². The number of halogens is 1. The first kappa shape index (κ1) is 14.8. The SMILES string of the molecule is CC1CCCc2sc3[nH]c(=S)n(-c4cccc(F)c4)c(=O)c3c21. The molecule has 0 saturated carbocycles. The molecule has 0 aliphatic heterocycles. The summed E-state index contributed by atoms with van der Waals surface area (Å²) in [6.45, 7) is 2.16. The van der Waals surface area contributed by atoms with Gasteiger partial charge in [0.2, 0.25) is 0 Å². The van der Waals surface area contributed by atoms with Crippen LogP contribution in [-0.4, -0.2) is 9.55 Å². The van der Waals surface area contributed by atoms with E-state index in [-0.39, 0.29) is 11.4 Å². The standard InChI is InChI=1S/C17H15FN2OS2/c1-9-4-2-7-12-13(9)14-15(23-12)19-17(22)20(16(14)21)11-6-3-5-10(18)8-11/h3,5-6,8-9H,2,4,7H2,1H3,(H,19,22). The van der Waals surface area contributed by atoms with Crippen molar-refractivity contribution < 1.29 is 4.39 Å². The summed E-state index contributed by atoms with van der Waals surface area (Å²) >= 11 is 6.98. The van der Waals surface area contributed by atoms with E-state index in [1.165, 1.54) is 21.6 Å². The van der Waals surface area contributed by atoms with Gasteiger partial charge in [-0.3, -0.25) is 9.36 Å². The molecule has 4 rings (SSSR count). The lowest BCUT2D eigenvalue weighted by Crippen LogP contribution is -2.21. The Kier molecular flexibility index (Phi) is 3.46. The Morgan fingerprint density at radius 2 is 2.26 bits per heavy atom. The number of benzene rings is 1. The number of nitrogens with zero attached hydrogens (tertiary/aromatic N) is 1. The Labute approximate surface area is 141 Å². The van der Waals surface area contributed by atoms with Gasteiger partial charge in [0.1, 0.15) is 10.6 Å². The van der Waals surface area contributed by atoms with Crippen LogP contribution in [0.2, 0.25) is 0 Å². The zero-order chi connectivity index (χ0) is 16.1. The summed E-state index contributed by atoms with van der Waals surface area (Å²) < 4.78 is 15.3. The maximum Gasteiger partial charge on any atom is 0.267 e. The predicted molar refractivity (Wildman–Crippen MR) is 93.9 cm³/mol. The molecule has 2 aromatic heterocycles. The minimum atomic E-state index is -0.385. The van der Waals surface area contributed by atoms with Crippen LogP contribution in [0, 0.1) is 10.6 Å². The number of thiophene rings is 1. The molecule has 118 valence electrons. The van der Waals surface area contributed by atoms with E-state index >= 15 is 0 Å². The third kappa shape index (κ3) is 2.28. The molecule has 23 heavy (non-hydrogen) atoms. The zero-order valence-electron chi connectivity index (χ0n) is 12.6. The largest absolute Gasteiger partial charge is 0.323 e. The van der Waals surface area contributed by atoms with Gasteiger partial charge in [-0.15, -0.1) is 11.3 Å². The van der Waals surface area contributed by atoms with Crippen molar-refractivity contribution in [2.24, 2.45) is 0 Å². The van der Waals surface area contributed by atoms with Crippen LogP contribution in [0.1, 0.15) is 36.1 Å². The van der Waals surface area contributed by atoms with Crippen LogP contribution < -0.4 is 5.56 Å². The van der Waals surface area contributed by atoms with Crippen molar-refractivity contribution in [2.75, 3.05) is 0 Å². The van der Waals surface area contributed by atoms with Gasteiger partial charge < -0.3 is 4.98 Å². The third-order valence-electron chi connectivity index (χ3n) is 4.46. The summed E-state index contributed by atoms with van der Waals surface area (Å²) in [5, 5.41) is 0.718. The van der Waals surface area contributed by atoms with Gasteiger partial charge in [0, 0.05) is 4.88 Å². The molecule has 2 heterocycles. The second kappa shape index (κ2) is 5.39. The molecule has 0 fully saturated rings. The van der Waals surface area contributed by atoms with E-state index in [1.807, 2.05) is 0 Å². The molecule has 6 heteroatoms. The number of aryl methyl sites for hydroxylation is 1. The maximum absolute atomic E-state index is 13.5. The lowest BCUT2D eigenvalue weighted by molar-refractivity contribution is 0.601. The summed E-state index contributed by atoms with van der Waals surface area (Å²) in [6, 6.07) is 5.97. The minimum absolute atomic E-state index is 0.152. The molecule has 0 saturated heterocycles. The molecule has 1 atom stereocenters. The Balaban J connectivity index is 2.09. The molecule has 1 aliphatic rings. The number of H-pyrrole nitrogens is 1. The van der Waals surface area contributed by atoms with E-state index < -0.39 is 0 Å². The second-order valence-corrected chi connectivity index (χ2v) is 7.48. The molecule has 0 bridgehead atoms. The lowest BCUT2D eigenvalue weighted by atomic mass is 9.88. The van der Waals surface area contributed by atoms with Crippen molar-refractivity contribution in [3.05, 3.63) is 55.6 Å². The quantitative estimate of drug-likeness (QED) is 0.649. The highest BCUT2D eigenvalue weighted by Gasteiger charge is 2.25. The van der Waals surface area contributed by atoms with Crippen LogP contribution in [-0.2, 0) is 6.42 Å². The van der Waals surface area contributed by atoms with Crippen molar-refractivity contribution >= 4 is 33.8 Å². The normalized spacial score (nSPS) is 17.4. The van der Waals surface area contributed by atoms with Gasteiger partial charge >= 0.3 is 0 Å². The van der Waals surface area contributed by atoms with E-state index in [2.05, 4.69) is 11.9 Å². The molecule has 0 amide bonds. The first-order chi connectivity index (χ1) is 11.1. The van der Waals surface area contributed by atoms with Crippen molar-refractivity contribution in [3.63, 3.8) is 0 Å². The highest BCUT2D eigenvalue weighted by atomic mass is 32.1. The van der Waals surface area contributed by atoms with Gasteiger partial charge in [-0.25, -0.2) is 4.39 Å². The van der Waals surface area contributed by atoms with Crippen LogP contribution >= 0.6 is 23.6 Å². The average Bonchev–Trinajstić information content (AvgIpc) is 2.87. The van der Waals surface area contributed by atoms with Crippen molar-refractivity contribution in [1.29, 1.82) is 0 Å². The number of aromatic nitrogens is 2. The first-order valence-electron chi connectivity index (χ1n) is 7.63. The zero-order valence-corrected chi connectivity index (χ0v) is 14.2. The molecule has 0 radical (unpaired) electrons. The molecular formula is C17H15FN2OS2. The van der Waals surface area contributed by atoms with E-state index in [4.69, 9.17) is 12.2 Å². The Hall–Kier alpha value is -1.79. The number of fused-ring (bicyclic) bond motifs is 3. The lowest BCUT2D eigenvalue weighted by Gasteiger charge is -2.18. The molecule has 1 aliphatic carbocycles.